The van der Waals surface area contributed by atoms with E-state index in [1.165, 1.54) is 16.4 Å². The van der Waals surface area contributed by atoms with E-state index in [1.54, 1.807) is 17.0 Å². The van der Waals surface area contributed by atoms with Crippen LogP contribution in [-0.2, 0) is 19.6 Å². The first-order chi connectivity index (χ1) is 14.0. The Morgan fingerprint density at radius 1 is 0.966 bits per heavy atom. The third-order valence-corrected chi connectivity index (χ3v) is 6.62. The molecule has 0 N–H and O–H groups in total. The lowest BCUT2D eigenvalue weighted by Gasteiger charge is -2.34. The topological polar surface area (TPSA) is 76.2 Å². The van der Waals surface area contributed by atoms with Gasteiger partial charge < -0.3 is 14.4 Å². The molecule has 0 atom stereocenters. The van der Waals surface area contributed by atoms with Crippen LogP contribution < -0.4 is 4.74 Å². The van der Waals surface area contributed by atoms with Crippen LogP contribution in [0.4, 0.5) is 0 Å². The standard InChI is InChI=1S/C20H23ClN2O5S/c21-17-5-4-8-19(15-17)29(25,26)23-11-9-22(10-12-23)20(24)16-27-13-14-28-18-6-2-1-3-7-18/h1-8,15H,9-14,16H2. The fraction of sp³-hybridized carbons (Fsp3) is 0.350. The Hall–Kier alpha value is -2.13. The summed E-state index contributed by atoms with van der Waals surface area (Å²) in [5.41, 5.74) is 0. The van der Waals surface area contributed by atoms with Crippen LogP contribution in [0.3, 0.4) is 0 Å². The zero-order valence-corrected chi connectivity index (χ0v) is 17.4. The molecule has 2 aromatic rings. The maximum absolute atomic E-state index is 12.7. The van der Waals surface area contributed by atoms with Crippen molar-refractivity contribution < 1.29 is 22.7 Å². The van der Waals surface area contributed by atoms with E-state index in [0.29, 0.717) is 31.3 Å². The zero-order chi connectivity index (χ0) is 20.7. The van der Waals surface area contributed by atoms with Crippen LogP contribution in [0.15, 0.2) is 59.5 Å². The molecule has 1 heterocycles. The molecule has 1 aliphatic rings. The van der Waals surface area contributed by atoms with E-state index >= 15 is 0 Å². The van der Waals surface area contributed by atoms with E-state index in [9.17, 15) is 13.2 Å². The third kappa shape index (κ3) is 5.93. The maximum Gasteiger partial charge on any atom is 0.248 e. The van der Waals surface area contributed by atoms with Crippen molar-refractivity contribution in [2.24, 2.45) is 0 Å². The van der Waals surface area contributed by atoms with Gasteiger partial charge in [-0.15, -0.1) is 0 Å². The number of sulfonamides is 1. The SMILES string of the molecule is O=C(COCCOc1ccccc1)N1CCN(S(=O)(=O)c2cccc(Cl)c2)CC1. The Labute approximate surface area is 175 Å². The lowest BCUT2D eigenvalue weighted by molar-refractivity contribution is -0.137. The molecule has 9 heteroatoms. The van der Waals surface area contributed by atoms with Crippen molar-refractivity contribution in [2.75, 3.05) is 46.0 Å². The number of carbonyl (C=O) groups is 1. The van der Waals surface area contributed by atoms with Gasteiger partial charge in [0.05, 0.1) is 11.5 Å². The van der Waals surface area contributed by atoms with Crippen molar-refractivity contribution in [3.8, 4) is 5.75 Å². The molecule has 0 spiro atoms. The van der Waals surface area contributed by atoms with Gasteiger partial charge in [0.25, 0.3) is 0 Å². The minimum absolute atomic E-state index is 0.0564. The van der Waals surface area contributed by atoms with Crippen molar-refractivity contribution in [1.82, 2.24) is 9.21 Å². The largest absolute Gasteiger partial charge is 0.491 e. The van der Waals surface area contributed by atoms with Gasteiger partial charge in [-0.05, 0) is 30.3 Å². The van der Waals surface area contributed by atoms with Crippen LogP contribution in [0, 0.1) is 0 Å². The molecular weight excluding hydrogens is 416 g/mol. The fourth-order valence-electron chi connectivity index (χ4n) is 2.94. The van der Waals surface area contributed by atoms with E-state index in [2.05, 4.69) is 0 Å². The number of nitrogens with zero attached hydrogens (tertiary/aromatic N) is 2. The number of carbonyl (C=O) groups excluding carboxylic acids is 1. The molecule has 2 aromatic carbocycles. The van der Waals surface area contributed by atoms with Gasteiger partial charge >= 0.3 is 0 Å². The molecule has 1 saturated heterocycles. The lowest BCUT2D eigenvalue weighted by atomic mass is 10.3. The Kier molecular flexibility index (Phi) is 7.49. The summed E-state index contributed by atoms with van der Waals surface area (Å²) in [7, 11) is -3.62. The molecule has 0 radical (unpaired) electrons. The lowest BCUT2D eigenvalue weighted by Crippen LogP contribution is -2.51. The van der Waals surface area contributed by atoms with Gasteiger partial charge in [0.2, 0.25) is 15.9 Å². The molecular formula is C20H23ClN2O5S. The van der Waals surface area contributed by atoms with Gasteiger partial charge in [0.15, 0.2) is 0 Å². The summed E-state index contributed by atoms with van der Waals surface area (Å²) in [4.78, 5) is 14.0. The Morgan fingerprint density at radius 2 is 1.69 bits per heavy atom. The summed E-state index contributed by atoms with van der Waals surface area (Å²) in [6.07, 6.45) is 0. The average molecular weight is 439 g/mol. The van der Waals surface area contributed by atoms with Crippen LogP contribution in [-0.4, -0.2) is 69.5 Å². The molecule has 29 heavy (non-hydrogen) atoms. The summed E-state index contributed by atoms with van der Waals surface area (Å²) < 4.78 is 37.7. The van der Waals surface area contributed by atoms with Gasteiger partial charge in [-0.25, -0.2) is 8.42 Å². The molecule has 0 aromatic heterocycles. The minimum atomic E-state index is -3.62. The summed E-state index contributed by atoms with van der Waals surface area (Å²) in [6.45, 7) is 1.70. The molecule has 156 valence electrons. The smallest absolute Gasteiger partial charge is 0.248 e. The normalized spacial score (nSPS) is 15.3. The van der Waals surface area contributed by atoms with Gasteiger partial charge in [-0.2, -0.15) is 4.31 Å². The zero-order valence-electron chi connectivity index (χ0n) is 15.9. The molecule has 7 nitrogen and oxygen atoms in total. The minimum Gasteiger partial charge on any atom is -0.491 e. The molecule has 1 fully saturated rings. The summed E-state index contributed by atoms with van der Waals surface area (Å²) in [5, 5.41) is 0.369. The number of rotatable bonds is 8. The van der Waals surface area contributed by atoms with Crippen molar-refractivity contribution in [1.29, 1.82) is 0 Å². The molecule has 1 amide bonds. The second kappa shape index (κ2) is 10.1. The van der Waals surface area contributed by atoms with E-state index in [0.717, 1.165) is 5.75 Å². The van der Waals surface area contributed by atoms with E-state index in [1.807, 2.05) is 30.3 Å². The number of halogens is 1. The van der Waals surface area contributed by atoms with Gasteiger partial charge in [0, 0.05) is 31.2 Å². The quantitative estimate of drug-likeness (QED) is 0.591. The summed E-state index contributed by atoms with van der Waals surface area (Å²) in [5.74, 6) is 0.587. The third-order valence-electron chi connectivity index (χ3n) is 4.49. The number of hydrogen-bond acceptors (Lipinski definition) is 5. The first-order valence-corrected chi connectivity index (χ1v) is 11.1. The predicted molar refractivity (Wildman–Crippen MR) is 110 cm³/mol. The van der Waals surface area contributed by atoms with Gasteiger partial charge in [-0.3, -0.25) is 4.79 Å². The van der Waals surface area contributed by atoms with Crippen molar-refractivity contribution >= 4 is 27.5 Å². The molecule has 0 unspecified atom stereocenters. The van der Waals surface area contributed by atoms with Crippen molar-refractivity contribution in [3.63, 3.8) is 0 Å². The van der Waals surface area contributed by atoms with Crippen LogP contribution >= 0.6 is 11.6 Å². The number of benzene rings is 2. The highest BCUT2D eigenvalue weighted by Crippen LogP contribution is 2.21. The van der Waals surface area contributed by atoms with E-state index in [-0.39, 0.29) is 30.5 Å². The number of piperazine rings is 1. The second-order valence-electron chi connectivity index (χ2n) is 6.46. The van der Waals surface area contributed by atoms with E-state index in [4.69, 9.17) is 21.1 Å². The Morgan fingerprint density at radius 3 is 2.38 bits per heavy atom. The highest BCUT2D eigenvalue weighted by atomic mass is 35.5. The monoisotopic (exact) mass is 438 g/mol. The maximum atomic E-state index is 12.7. The second-order valence-corrected chi connectivity index (χ2v) is 8.83. The van der Waals surface area contributed by atoms with Gasteiger partial charge in [0.1, 0.15) is 19.0 Å². The first-order valence-electron chi connectivity index (χ1n) is 9.26. The number of hydrogen-bond donors (Lipinski definition) is 0. The van der Waals surface area contributed by atoms with E-state index < -0.39 is 10.0 Å². The molecule has 0 aliphatic carbocycles. The summed E-state index contributed by atoms with van der Waals surface area (Å²) in [6, 6.07) is 15.5. The first kappa shape index (κ1) is 21.6. The predicted octanol–water partition coefficient (Wildman–Crippen LogP) is 2.27. The highest BCUT2D eigenvalue weighted by molar-refractivity contribution is 7.89. The molecule has 0 saturated carbocycles. The summed E-state index contributed by atoms with van der Waals surface area (Å²) >= 11 is 5.90. The average Bonchev–Trinajstić information content (AvgIpc) is 2.74. The van der Waals surface area contributed by atoms with Crippen LogP contribution in [0.2, 0.25) is 5.02 Å². The van der Waals surface area contributed by atoms with Crippen molar-refractivity contribution in [3.05, 3.63) is 59.6 Å². The molecule has 0 bridgehead atoms. The van der Waals surface area contributed by atoms with Crippen LogP contribution in [0.25, 0.3) is 0 Å². The highest BCUT2D eigenvalue weighted by Gasteiger charge is 2.30. The van der Waals surface area contributed by atoms with Crippen LogP contribution in [0.1, 0.15) is 0 Å². The Balaban J connectivity index is 1.40. The van der Waals surface area contributed by atoms with Crippen LogP contribution in [0.5, 0.6) is 5.75 Å². The number of amides is 1. The number of para-hydroxylation sites is 1. The van der Waals surface area contributed by atoms with Crippen molar-refractivity contribution in [2.45, 2.75) is 4.90 Å². The number of ether oxygens (including phenoxy) is 2. The fourth-order valence-corrected chi connectivity index (χ4v) is 4.66. The Bertz CT molecular complexity index is 915. The van der Waals surface area contributed by atoms with Gasteiger partial charge in [-0.1, -0.05) is 35.9 Å². The molecule has 3 rings (SSSR count). The molecule has 1 aliphatic heterocycles.